The van der Waals surface area contributed by atoms with Crippen LogP contribution in [0.1, 0.15) is 42.7 Å². The molecule has 1 amide bonds. The lowest BCUT2D eigenvalue weighted by Crippen LogP contribution is -2.37. The molecule has 2 heterocycles. The zero-order chi connectivity index (χ0) is 18.7. The van der Waals surface area contributed by atoms with Crippen molar-refractivity contribution in [2.75, 3.05) is 16.8 Å². The molecule has 2 aromatic rings. The molecule has 1 aromatic carbocycles. The Labute approximate surface area is 152 Å². The van der Waals surface area contributed by atoms with E-state index in [1.807, 2.05) is 32.9 Å². The summed E-state index contributed by atoms with van der Waals surface area (Å²) in [6.45, 7) is 6.44. The third-order valence-electron chi connectivity index (χ3n) is 4.48. The van der Waals surface area contributed by atoms with Crippen LogP contribution in [0.4, 0.5) is 16.6 Å². The van der Waals surface area contributed by atoms with Gasteiger partial charge in [-0.25, -0.2) is 9.78 Å². The van der Waals surface area contributed by atoms with E-state index >= 15 is 0 Å². The van der Waals surface area contributed by atoms with Crippen molar-refractivity contribution in [3.63, 3.8) is 0 Å². The van der Waals surface area contributed by atoms with E-state index in [2.05, 4.69) is 15.3 Å². The maximum absolute atomic E-state index is 12.1. The molecule has 2 atom stereocenters. The van der Waals surface area contributed by atoms with Crippen LogP contribution < -0.4 is 10.2 Å². The van der Waals surface area contributed by atoms with Crippen LogP contribution in [0.3, 0.4) is 0 Å². The third-order valence-corrected chi connectivity index (χ3v) is 4.48. The Balaban J connectivity index is 1.78. The predicted molar refractivity (Wildman–Crippen MR) is 98.4 cm³/mol. The number of nitrogens with zero attached hydrogens (tertiary/aromatic N) is 3. The minimum atomic E-state index is -0.383. The van der Waals surface area contributed by atoms with Crippen LogP contribution in [-0.2, 0) is 4.74 Å². The fraction of sp³-hybridized carbons (Fsp3) is 0.368. The number of aromatic nitrogens is 2. The first-order chi connectivity index (χ1) is 12.5. The normalized spacial score (nSPS) is 17.9. The fourth-order valence-corrected chi connectivity index (χ4v) is 2.88. The lowest BCUT2D eigenvalue weighted by molar-refractivity contribution is 0.112. The molecule has 1 saturated heterocycles. The van der Waals surface area contributed by atoms with Crippen molar-refractivity contribution in [1.82, 2.24) is 9.97 Å². The first-order valence-electron chi connectivity index (χ1n) is 8.60. The minimum Gasteiger partial charge on any atom is -0.447 e. The van der Waals surface area contributed by atoms with Gasteiger partial charge < -0.3 is 10.1 Å². The monoisotopic (exact) mass is 354 g/mol. The number of aldehydes is 1. The van der Waals surface area contributed by atoms with Crippen molar-refractivity contribution in [3.05, 3.63) is 47.7 Å². The van der Waals surface area contributed by atoms with Gasteiger partial charge in [0.1, 0.15) is 18.7 Å². The predicted octanol–water partition coefficient (Wildman–Crippen LogP) is 3.44. The van der Waals surface area contributed by atoms with Crippen molar-refractivity contribution < 1.29 is 14.3 Å². The number of hydrogen-bond acceptors (Lipinski definition) is 6. The van der Waals surface area contributed by atoms with Gasteiger partial charge in [0, 0.05) is 11.8 Å². The van der Waals surface area contributed by atoms with Crippen molar-refractivity contribution >= 4 is 24.1 Å². The summed E-state index contributed by atoms with van der Waals surface area (Å²) in [4.78, 5) is 33.2. The first-order valence-corrected chi connectivity index (χ1v) is 8.60. The van der Waals surface area contributed by atoms with Crippen LogP contribution >= 0.6 is 0 Å². The average molecular weight is 354 g/mol. The summed E-state index contributed by atoms with van der Waals surface area (Å²) in [5.41, 5.74) is 1.64. The Morgan fingerprint density at radius 2 is 1.96 bits per heavy atom. The second-order valence-corrected chi connectivity index (χ2v) is 6.65. The molecular formula is C19H22N4O3. The lowest BCUT2D eigenvalue weighted by Gasteiger charge is -2.23. The van der Waals surface area contributed by atoms with Gasteiger partial charge in [0.05, 0.1) is 12.1 Å². The van der Waals surface area contributed by atoms with Crippen molar-refractivity contribution in [2.45, 2.75) is 32.9 Å². The molecule has 0 unspecified atom stereocenters. The average Bonchev–Trinajstić information content (AvgIpc) is 3.04. The van der Waals surface area contributed by atoms with Crippen LogP contribution in [0, 0.1) is 5.92 Å². The Kier molecular flexibility index (Phi) is 5.16. The van der Waals surface area contributed by atoms with Gasteiger partial charge in [-0.15, -0.1) is 0 Å². The number of carbonyl (C=O) groups is 2. The quantitative estimate of drug-likeness (QED) is 0.800. The van der Waals surface area contributed by atoms with E-state index < -0.39 is 0 Å². The molecule has 0 radical (unpaired) electrons. The largest absolute Gasteiger partial charge is 0.447 e. The molecule has 3 rings (SSSR count). The maximum atomic E-state index is 12.1. The summed E-state index contributed by atoms with van der Waals surface area (Å²) >= 11 is 0. The SMILES string of the molecule is CC(C)[C@H]1COC(=O)N1c1ccnc(N[C@@H](C)c2ccc(C=O)cc2)n1. The molecule has 136 valence electrons. The van der Waals surface area contributed by atoms with Crippen molar-refractivity contribution in [1.29, 1.82) is 0 Å². The lowest BCUT2D eigenvalue weighted by atomic mass is 10.0. The number of anilines is 2. The van der Waals surface area contributed by atoms with E-state index in [0.29, 0.717) is 23.9 Å². The van der Waals surface area contributed by atoms with E-state index in [-0.39, 0.29) is 24.1 Å². The van der Waals surface area contributed by atoms with E-state index in [9.17, 15) is 9.59 Å². The molecule has 1 aromatic heterocycles. The standard InChI is InChI=1S/C19H22N4O3/c1-12(2)16-11-26-19(25)23(16)17-8-9-20-18(22-17)21-13(3)15-6-4-14(10-24)5-7-15/h4-10,12-13,16H,11H2,1-3H3,(H,20,21,22)/t13-,16+/m0/s1. The van der Waals surface area contributed by atoms with E-state index in [1.165, 1.54) is 0 Å². The van der Waals surface area contributed by atoms with E-state index in [4.69, 9.17) is 4.74 Å². The van der Waals surface area contributed by atoms with Crippen LogP contribution in [0.25, 0.3) is 0 Å². The van der Waals surface area contributed by atoms with Crippen LogP contribution in [0.5, 0.6) is 0 Å². The number of rotatable bonds is 6. The van der Waals surface area contributed by atoms with Gasteiger partial charge in [-0.05, 0) is 24.5 Å². The second-order valence-electron chi connectivity index (χ2n) is 6.65. The highest BCUT2D eigenvalue weighted by Gasteiger charge is 2.37. The van der Waals surface area contributed by atoms with Gasteiger partial charge in [-0.1, -0.05) is 38.1 Å². The van der Waals surface area contributed by atoms with Gasteiger partial charge >= 0.3 is 6.09 Å². The molecule has 1 N–H and O–H groups in total. The molecule has 1 aliphatic rings. The van der Waals surface area contributed by atoms with Gasteiger partial charge in [-0.2, -0.15) is 4.98 Å². The molecule has 7 heteroatoms. The number of cyclic esters (lactones) is 1. The summed E-state index contributed by atoms with van der Waals surface area (Å²) in [6.07, 6.45) is 2.05. The summed E-state index contributed by atoms with van der Waals surface area (Å²) < 4.78 is 5.18. The first kappa shape index (κ1) is 17.8. The molecule has 26 heavy (non-hydrogen) atoms. The molecular weight excluding hydrogens is 332 g/mol. The Hall–Kier alpha value is -2.96. The van der Waals surface area contributed by atoms with E-state index in [0.717, 1.165) is 11.8 Å². The summed E-state index contributed by atoms with van der Waals surface area (Å²) in [5.74, 6) is 1.20. The molecule has 0 saturated carbocycles. The highest BCUT2D eigenvalue weighted by molar-refractivity contribution is 5.89. The number of ether oxygens (including phenoxy) is 1. The Morgan fingerprint density at radius 3 is 2.62 bits per heavy atom. The molecule has 7 nitrogen and oxygen atoms in total. The summed E-state index contributed by atoms with van der Waals surface area (Å²) in [7, 11) is 0. The Morgan fingerprint density at radius 1 is 1.23 bits per heavy atom. The summed E-state index contributed by atoms with van der Waals surface area (Å²) in [5, 5.41) is 3.23. The Bertz CT molecular complexity index is 792. The van der Waals surface area contributed by atoms with Crippen LogP contribution in [-0.4, -0.2) is 35.0 Å². The number of carbonyl (C=O) groups excluding carboxylic acids is 2. The number of benzene rings is 1. The zero-order valence-corrected chi connectivity index (χ0v) is 15.0. The van der Waals surface area contributed by atoms with Gasteiger partial charge in [-0.3, -0.25) is 9.69 Å². The fourth-order valence-electron chi connectivity index (χ4n) is 2.88. The second kappa shape index (κ2) is 7.51. The van der Waals surface area contributed by atoms with Gasteiger partial charge in [0.2, 0.25) is 5.95 Å². The zero-order valence-electron chi connectivity index (χ0n) is 15.0. The smallest absolute Gasteiger partial charge is 0.415 e. The van der Waals surface area contributed by atoms with Crippen molar-refractivity contribution in [3.8, 4) is 0 Å². The summed E-state index contributed by atoms with van der Waals surface area (Å²) in [6, 6.07) is 8.92. The van der Waals surface area contributed by atoms with Gasteiger partial charge in [0.25, 0.3) is 0 Å². The number of amides is 1. The number of nitrogens with one attached hydrogen (secondary N) is 1. The van der Waals surface area contributed by atoms with Gasteiger partial charge in [0.15, 0.2) is 0 Å². The molecule has 0 aliphatic carbocycles. The molecule has 1 fully saturated rings. The molecule has 1 aliphatic heterocycles. The van der Waals surface area contributed by atoms with E-state index in [1.54, 1.807) is 29.3 Å². The number of hydrogen-bond donors (Lipinski definition) is 1. The maximum Gasteiger partial charge on any atom is 0.415 e. The minimum absolute atomic E-state index is 0.0430. The molecule has 0 bridgehead atoms. The highest BCUT2D eigenvalue weighted by atomic mass is 16.6. The van der Waals surface area contributed by atoms with Crippen molar-refractivity contribution in [2.24, 2.45) is 5.92 Å². The van der Waals surface area contributed by atoms with Crippen LogP contribution in [0.2, 0.25) is 0 Å². The highest BCUT2D eigenvalue weighted by Crippen LogP contribution is 2.26. The topological polar surface area (TPSA) is 84.4 Å². The molecule has 0 spiro atoms. The van der Waals surface area contributed by atoms with Crippen LogP contribution in [0.15, 0.2) is 36.5 Å². The third kappa shape index (κ3) is 3.66.